The molecule has 3 aromatic carbocycles. The lowest BCUT2D eigenvalue weighted by atomic mass is 10.1. The highest BCUT2D eigenvalue weighted by molar-refractivity contribution is 7.89. The lowest BCUT2D eigenvalue weighted by molar-refractivity contribution is -0.116. The standard InChI is InChI=1S/C29H31N5O4S/c1-20-12-14-22(15-13-20)29(36)30-21(2)28-32-25-10-3-4-11-26(25)34(28)19-27(35)31-23-8-7-9-24(18-23)39(37,38)33-16-5-6-17-33/h3-4,7-15,18,21H,5-6,16-17,19H2,1-2H3,(H,30,36)(H,31,35)/t21-/m1/s1. The molecule has 0 unspecified atom stereocenters. The molecular weight excluding hydrogens is 514 g/mol. The Morgan fingerprint density at radius 1 is 0.974 bits per heavy atom. The Bertz CT molecular complexity index is 1620. The summed E-state index contributed by atoms with van der Waals surface area (Å²) in [4.78, 5) is 30.9. The smallest absolute Gasteiger partial charge is 0.251 e. The maximum Gasteiger partial charge on any atom is 0.251 e. The number of carbonyl (C=O) groups excluding carboxylic acids is 2. The number of benzene rings is 3. The van der Waals surface area contributed by atoms with Crippen LogP contribution in [-0.4, -0.2) is 47.2 Å². The second kappa shape index (κ2) is 11.0. The Kier molecular flexibility index (Phi) is 7.49. The van der Waals surface area contributed by atoms with E-state index >= 15 is 0 Å². The van der Waals surface area contributed by atoms with Crippen molar-refractivity contribution in [3.63, 3.8) is 0 Å². The highest BCUT2D eigenvalue weighted by Gasteiger charge is 2.27. The fraction of sp³-hybridized carbons (Fsp3) is 0.276. The van der Waals surface area contributed by atoms with Gasteiger partial charge in [-0.3, -0.25) is 9.59 Å². The highest BCUT2D eigenvalue weighted by atomic mass is 32.2. The lowest BCUT2D eigenvalue weighted by Crippen LogP contribution is -2.30. The molecule has 39 heavy (non-hydrogen) atoms. The van der Waals surface area contributed by atoms with E-state index in [4.69, 9.17) is 4.98 Å². The summed E-state index contributed by atoms with van der Waals surface area (Å²) in [6.45, 7) is 4.74. The van der Waals surface area contributed by atoms with Crippen molar-refractivity contribution in [3.05, 3.63) is 89.7 Å². The van der Waals surface area contributed by atoms with Gasteiger partial charge in [-0.25, -0.2) is 13.4 Å². The van der Waals surface area contributed by atoms with E-state index in [1.165, 1.54) is 10.4 Å². The van der Waals surface area contributed by atoms with Crippen molar-refractivity contribution in [3.8, 4) is 0 Å². The molecule has 9 nitrogen and oxygen atoms in total. The van der Waals surface area contributed by atoms with Gasteiger partial charge in [0.2, 0.25) is 15.9 Å². The molecule has 0 aliphatic carbocycles. The molecule has 0 spiro atoms. The monoisotopic (exact) mass is 545 g/mol. The van der Waals surface area contributed by atoms with E-state index in [2.05, 4.69) is 10.6 Å². The number of aryl methyl sites for hydroxylation is 1. The summed E-state index contributed by atoms with van der Waals surface area (Å²) in [5.74, 6) is -0.0362. The average Bonchev–Trinajstić information content (AvgIpc) is 3.59. The van der Waals surface area contributed by atoms with Gasteiger partial charge in [-0.1, -0.05) is 35.9 Å². The molecule has 1 aliphatic rings. The van der Waals surface area contributed by atoms with Gasteiger partial charge >= 0.3 is 0 Å². The molecule has 0 radical (unpaired) electrons. The van der Waals surface area contributed by atoms with E-state index in [0.29, 0.717) is 35.7 Å². The molecule has 5 rings (SSSR count). The summed E-state index contributed by atoms with van der Waals surface area (Å²) in [5.41, 5.74) is 3.45. The van der Waals surface area contributed by atoms with Crippen LogP contribution in [0, 0.1) is 6.92 Å². The number of rotatable bonds is 8. The van der Waals surface area contributed by atoms with E-state index in [1.54, 1.807) is 34.9 Å². The Hall–Kier alpha value is -4.02. The molecular formula is C29H31N5O4S. The third-order valence-electron chi connectivity index (χ3n) is 6.86. The summed E-state index contributed by atoms with van der Waals surface area (Å²) in [7, 11) is -3.60. The first-order valence-corrected chi connectivity index (χ1v) is 14.4. The molecule has 1 aromatic heterocycles. The fourth-order valence-electron chi connectivity index (χ4n) is 4.80. The average molecular weight is 546 g/mol. The zero-order valence-corrected chi connectivity index (χ0v) is 22.7. The zero-order valence-electron chi connectivity index (χ0n) is 21.9. The van der Waals surface area contributed by atoms with Crippen molar-refractivity contribution in [2.45, 2.75) is 44.2 Å². The summed E-state index contributed by atoms with van der Waals surface area (Å²) in [6.07, 6.45) is 1.70. The second-order valence-corrected chi connectivity index (χ2v) is 11.7. The molecule has 1 fully saturated rings. The number of hydrogen-bond acceptors (Lipinski definition) is 5. The van der Waals surface area contributed by atoms with Crippen LogP contribution in [0.25, 0.3) is 11.0 Å². The fourth-order valence-corrected chi connectivity index (χ4v) is 6.36. The number of aromatic nitrogens is 2. The third kappa shape index (κ3) is 5.71. The molecule has 2 amide bonds. The van der Waals surface area contributed by atoms with Crippen LogP contribution in [0.2, 0.25) is 0 Å². The minimum atomic E-state index is -3.60. The number of nitrogens with one attached hydrogen (secondary N) is 2. The van der Waals surface area contributed by atoms with Crippen LogP contribution in [0.4, 0.5) is 5.69 Å². The molecule has 4 aromatic rings. The first-order chi connectivity index (χ1) is 18.7. The van der Waals surface area contributed by atoms with Crippen molar-refractivity contribution in [2.75, 3.05) is 18.4 Å². The summed E-state index contributed by atoms with van der Waals surface area (Å²) in [6, 6.07) is 20.6. The maximum absolute atomic E-state index is 13.2. The van der Waals surface area contributed by atoms with E-state index in [9.17, 15) is 18.0 Å². The molecule has 2 heterocycles. The third-order valence-corrected chi connectivity index (χ3v) is 8.75. The van der Waals surface area contributed by atoms with Crippen molar-refractivity contribution in [2.24, 2.45) is 0 Å². The van der Waals surface area contributed by atoms with Gasteiger partial charge in [0, 0.05) is 24.3 Å². The number of amides is 2. The van der Waals surface area contributed by atoms with Gasteiger partial charge in [-0.2, -0.15) is 4.31 Å². The number of nitrogens with zero attached hydrogens (tertiary/aromatic N) is 3. The van der Waals surface area contributed by atoms with E-state index in [-0.39, 0.29) is 23.3 Å². The van der Waals surface area contributed by atoms with Crippen LogP contribution in [0.15, 0.2) is 77.7 Å². The molecule has 0 bridgehead atoms. The van der Waals surface area contributed by atoms with Gasteiger partial charge in [0.1, 0.15) is 12.4 Å². The summed E-state index contributed by atoms with van der Waals surface area (Å²) in [5, 5.41) is 5.81. The number of carbonyl (C=O) groups is 2. The van der Waals surface area contributed by atoms with E-state index < -0.39 is 16.1 Å². The van der Waals surface area contributed by atoms with Crippen molar-refractivity contribution < 1.29 is 18.0 Å². The number of hydrogen-bond donors (Lipinski definition) is 2. The van der Waals surface area contributed by atoms with Crippen LogP contribution in [0.3, 0.4) is 0 Å². The van der Waals surface area contributed by atoms with Gasteiger partial charge in [-0.15, -0.1) is 0 Å². The largest absolute Gasteiger partial charge is 0.342 e. The second-order valence-electron chi connectivity index (χ2n) is 9.79. The quantitative estimate of drug-likeness (QED) is 0.344. The Morgan fingerprint density at radius 2 is 1.69 bits per heavy atom. The topological polar surface area (TPSA) is 113 Å². The van der Waals surface area contributed by atoms with Crippen LogP contribution in [0.1, 0.15) is 47.6 Å². The lowest BCUT2D eigenvalue weighted by Gasteiger charge is -2.17. The Labute approximate surface area is 227 Å². The number of para-hydroxylation sites is 2. The van der Waals surface area contributed by atoms with Crippen LogP contribution in [0.5, 0.6) is 0 Å². The predicted molar refractivity (Wildman–Crippen MR) is 150 cm³/mol. The van der Waals surface area contributed by atoms with Gasteiger partial charge in [0.15, 0.2) is 0 Å². The molecule has 0 saturated carbocycles. The number of imidazole rings is 1. The van der Waals surface area contributed by atoms with Crippen LogP contribution >= 0.6 is 0 Å². The van der Waals surface area contributed by atoms with E-state index in [0.717, 1.165) is 23.9 Å². The normalized spacial score (nSPS) is 14.8. The first kappa shape index (κ1) is 26.6. The molecule has 1 saturated heterocycles. The minimum Gasteiger partial charge on any atom is -0.342 e. The van der Waals surface area contributed by atoms with E-state index in [1.807, 2.05) is 50.2 Å². The van der Waals surface area contributed by atoms with Gasteiger partial charge in [0.05, 0.1) is 22.0 Å². The van der Waals surface area contributed by atoms with Crippen LogP contribution < -0.4 is 10.6 Å². The molecule has 1 atom stereocenters. The Morgan fingerprint density at radius 3 is 2.44 bits per heavy atom. The SMILES string of the molecule is Cc1ccc(C(=O)N[C@H](C)c2nc3ccccc3n2CC(=O)Nc2cccc(S(=O)(=O)N3CCCC3)c2)cc1. The number of sulfonamides is 1. The minimum absolute atomic E-state index is 0.0658. The molecule has 1 aliphatic heterocycles. The zero-order chi connectivity index (χ0) is 27.6. The number of anilines is 1. The summed E-state index contributed by atoms with van der Waals surface area (Å²) >= 11 is 0. The van der Waals surface area contributed by atoms with Crippen LogP contribution in [-0.2, 0) is 21.4 Å². The Balaban J connectivity index is 1.36. The first-order valence-electron chi connectivity index (χ1n) is 12.9. The maximum atomic E-state index is 13.2. The highest BCUT2D eigenvalue weighted by Crippen LogP contribution is 2.24. The van der Waals surface area contributed by atoms with Crippen molar-refractivity contribution in [1.82, 2.24) is 19.2 Å². The predicted octanol–water partition coefficient (Wildman–Crippen LogP) is 4.26. The molecule has 2 N–H and O–H groups in total. The summed E-state index contributed by atoms with van der Waals surface area (Å²) < 4.78 is 29.2. The van der Waals surface area contributed by atoms with Gasteiger partial charge in [-0.05, 0) is 69.2 Å². The van der Waals surface area contributed by atoms with Crippen molar-refractivity contribution in [1.29, 1.82) is 0 Å². The number of fused-ring (bicyclic) bond motifs is 1. The van der Waals surface area contributed by atoms with Gasteiger partial charge in [0.25, 0.3) is 5.91 Å². The molecule has 202 valence electrons. The van der Waals surface area contributed by atoms with Gasteiger partial charge < -0.3 is 15.2 Å². The van der Waals surface area contributed by atoms with Crippen molar-refractivity contribution >= 4 is 38.6 Å². The molecule has 10 heteroatoms.